The number of hydrogen-bond acceptors (Lipinski definition) is 3. The third-order valence-electron chi connectivity index (χ3n) is 2.78. The molecule has 2 N–H and O–H groups in total. The van der Waals surface area contributed by atoms with Crippen molar-refractivity contribution in [1.82, 2.24) is 0 Å². The quantitative estimate of drug-likeness (QED) is 0.417. The van der Waals surface area contributed by atoms with Gasteiger partial charge in [-0.25, -0.2) is 4.79 Å². The summed E-state index contributed by atoms with van der Waals surface area (Å²) in [5, 5.41) is 17.5. The summed E-state index contributed by atoms with van der Waals surface area (Å²) in [7, 11) is 1.73. The number of hydrogen-bond donors (Lipinski definition) is 2. The summed E-state index contributed by atoms with van der Waals surface area (Å²) in [4.78, 5) is 10.3. The number of unbranched alkanes of at least 4 members (excludes halogenated alkanes) is 6. The van der Waals surface area contributed by atoms with E-state index in [1.54, 1.807) is 13.2 Å². The van der Waals surface area contributed by atoms with E-state index in [9.17, 15) is 4.79 Å². The molecule has 0 spiro atoms. The molecule has 0 radical (unpaired) electrons. The number of rotatable bonds is 12. The predicted octanol–water partition coefficient (Wildman–Crippen LogP) is 2.76. The first-order valence-electron chi connectivity index (χ1n) is 6.73. The fourth-order valence-corrected chi connectivity index (χ4v) is 1.66. The molecule has 0 aliphatic rings. The van der Waals surface area contributed by atoms with Crippen molar-refractivity contribution in [3.8, 4) is 0 Å². The maximum atomic E-state index is 10.3. The second-order valence-corrected chi connectivity index (χ2v) is 4.46. The zero-order chi connectivity index (χ0) is 13.6. The van der Waals surface area contributed by atoms with Crippen LogP contribution < -0.4 is 0 Å². The highest BCUT2D eigenvalue weighted by atomic mass is 16.5. The lowest BCUT2D eigenvalue weighted by Gasteiger charge is -2.01. The van der Waals surface area contributed by atoms with Crippen molar-refractivity contribution >= 4 is 5.97 Å². The summed E-state index contributed by atoms with van der Waals surface area (Å²) in [5.74, 6) is -1.16. The van der Waals surface area contributed by atoms with Crippen molar-refractivity contribution in [2.75, 3.05) is 13.7 Å². The Kier molecular flexibility index (Phi) is 12.0. The maximum absolute atomic E-state index is 10.3. The van der Waals surface area contributed by atoms with Crippen LogP contribution in [0.4, 0.5) is 0 Å². The first-order chi connectivity index (χ1) is 8.68. The van der Waals surface area contributed by atoms with Gasteiger partial charge in [0.25, 0.3) is 0 Å². The Morgan fingerprint density at radius 2 is 1.72 bits per heavy atom. The fraction of sp³-hybridized carbons (Fsp3) is 0.786. The van der Waals surface area contributed by atoms with E-state index in [2.05, 4.69) is 0 Å². The molecule has 18 heavy (non-hydrogen) atoms. The zero-order valence-electron chi connectivity index (χ0n) is 11.3. The molecule has 1 unspecified atom stereocenters. The highest BCUT2D eigenvalue weighted by molar-refractivity contribution is 5.72. The Bertz CT molecular complexity index is 226. The lowest BCUT2D eigenvalue weighted by Crippen LogP contribution is -2.17. The molecule has 1 atom stereocenters. The van der Waals surface area contributed by atoms with E-state index in [4.69, 9.17) is 14.9 Å². The van der Waals surface area contributed by atoms with Crippen molar-refractivity contribution in [1.29, 1.82) is 0 Å². The Morgan fingerprint density at radius 1 is 1.11 bits per heavy atom. The second kappa shape index (κ2) is 12.6. The molecule has 0 aromatic heterocycles. The topological polar surface area (TPSA) is 66.8 Å². The van der Waals surface area contributed by atoms with Gasteiger partial charge in [0, 0.05) is 20.1 Å². The Hall–Kier alpha value is -0.870. The van der Waals surface area contributed by atoms with E-state index >= 15 is 0 Å². The molecule has 0 aliphatic carbocycles. The number of methoxy groups -OCH3 is 1. The highest BCUT2D eigenvalue weighted by Crippen LogP contribution is 2.08. The van der Waals surface area contributed by atoms with Crippen molar-refractivity contribution < 1.29 is 19.7 Å². The molecule has 106 valence electrons. The Balaban J connectivity index is 3.20. The summed E-state index contributed by atoms with van der Waals surface area (Å²) < 4.78 is 4.98. The molecule has 4 nitrogen and oxygen atoms in total. The van der Waals surface area contributed by atoms with Crippen LogP contribution in [0.3, 0.4) is 0 Å². The molecule has 0 aromatic rings. The molecule has 0 heterocycles. The van der Waals surface area contributed by atoms with Crippen LogP contribution in [0, 0.1) is 0 Å². The molecule has 4 heteroatoms. The van der Waals surface area contributed by atoms with Gasteiger partial charge in [0.15, 0.2) is 6.10 Å². The number of carboxylic acid groups (broad SMARTS) is 1. The van der Waals surface area contributed by atoms with Crippen LogP contribution in [0.25, 0.3) is 0 Å². The number of carbonyl (C=O) groups is 1. The Labute approximate surface area is 110 Å². The number of aliphatic carboxylic acids is 1. The minimum Gasteiger partial charge on any atom is -0.479 e. The van der Waals surface area contributed by atoms with Crippen LogP contribution in [0.15, 0.2) is 12.2 Å². The van der Waals surface area contributed by atoms with Gasteiger partial charge < -0.3 is 14.9 Å². The van der Waals surface area contributed by atoms with Gasteiger partial charge in [0.05, 0.1) is 0 Å². The molecule has 0 saturated carbocycles. The van der Waals surface area contributed by atoms with Crippen LogP contribution >= 0.6 is 0 Å². The van der Waals surface area contributed by atoms with Gasteiger partial charge in [-0.3, -0.25) is 0 Å². The Morgan fingerprint density at radius 3 is 2.33 bits per heavy atom. The molecular formula is C14H26O4. The SMILES string of the molecule is COCCCCCCCCC=CCC(O)C(=O)O. The number of aliphatic hydroxyl groups is 1. The van der Waals surface area contributed by atoms with Gasteiger partial charge in [-0.15, -0.1) is 0 Å². The van der Waals surface area contributed by atoms with E-state index in [1.165, 1.54) is 25.7 Å². The average Bonchev–Trinajstić information content (AvgIpc) is 2.35. The van der Waals surface area contributed by atoms with Crippen LogP contribution in [0.5, 0.6) is 0 Å². The average molecular weight is 258 g/mol. The van der Waals surface area contributed by atoms with Crippen molar-refractivity contribution in [2.45, 2.75) is 57.5 Å². The van der Waals surface area contributed by atoms with E-state index < -0.39 is 12.1 Å². The molecule has 0 rings (SSSR count). The molecule has 0 aromatic carbocycles. The van der Waals surface area contributed by atoms with Crippen LogP contribution in [0.2, 0.25) is 0 Å². The molecule has 0 fully saturated rings. The molecule has 0 amide bonds. The van der Waals surface area contributed by atoms with Gasteiger partial charge in [-0.1, -0.05) is 37.8 Å². The van der Waals surface area contributed by atoms with Gasteiger partial charge in [-0.05, 0) is 19.3 Å². The lowest BCUT2D eigenvalue weighted by molar-refractivity contribution is -0.146. The first-order valence-corrected chi connectivity index (χ1v) is 6.73. The standard InChI is InChI=1S/C14H26O4/c1-18-12-10-8-6-4-2-3-5-7-9-11-13(15)14(16)17/h7,9,13,15H,2-6,8,10-12H2,1H3,(H,16,17). The number of aliphatic hydroxyl groups excluding tert-OH is 1. The van der Waals surface area contributed by atoms with Crippen molar-refractivity contribution in [3.05, 3.63) is 12.2 Å². The molecular weight excluding hydrogens is 232 g/mol. The van der Waals surface area contributed by atoms with Gasteiger partial charge in [0.1, 0.15) is 0 Å². The lowest BCUT2D eigenvalue weighted by atomic mass is 10.1. The summed E-state index contributed by atoms with van der Waals surface area (Å²) in [6.07, 6.45) is 10.8. The molecule has 0 aliphatic heterocycles. The van der Waals surface area contributed by atoms with Crippen LogP contribution in [0.1, 0.15) is 51.4 Å². The first kappa shape index (κ1) is 17.1. The predicted molar refractivity (Wildman–Crippen MR) is 71.6 cm³/mol. The summed E-state index contributed by atoms with van der Waals surface area (Å²) in [6.45, 7) is 0.856. The van der Waals surface area contributed by atoms with Crippen LogP contribution in [-0.2, 0) is 9.53 Å². The third-order valence-corrected chi connectivity index (χ3v) is 2.78. The third kappa shape index (κ3) is 11.6. The molecule has 0 bridgehead atoms. The largest absolute Gasteiger partial charge is 0.479 e. The van der Waals surface area contributed by atoms with Gasteiger partial charge in [-0.2, -0.15) is 0 Å². The number of allylic oxidation sites excluding steroid dienone is 1. The van der Waals surface area contributed by atoms with E-state index in [0.29, 0.717) is 0 Å². The van der Waals surface area contributed by atoms with E-state index in [1.807, 2.05) is 6.08 Å². The number of ether oxygens (including phenoxy) is 1. The van der Waals surface area contributed by atoms with E-state index in [-0.39, 0.29) is 6.42 Å². The minimum atomic E-state index is -1.26. The van der Waals surface area contributed by atoms with Crippen LogP contribution in [-0.4, -0.2) is 36.0 Å². The highest BCUT2D eigenvalue weighted by Gasteiger charge is 2.09. The monoisotopic (exact) mass is 258 g/mol. The van der Waals surface area contributed by atoms with E-state index in [0.717, 1.165) is 25.9 Å². The minimum absolute atomic E-state index is 0.201. The fourth-order valence-electron chi connectivity index (χ4n) is 1.66. The number of carboxylic acids is 1. The second-order valence-electron chi connectivity index (χ2n) is 4.46. The summed E-state index contributed by atoms with van der Waals surface area (Å²) in [5.41, 5.74) is 0. The smallest absolute Gasteiger partial charge is 0.332 e. The van der Waals surface area contributed by atoms with Crippen molar-refractivity contribution in [3.63, 3.8) is 0 Å². The summed E-state index contributed by atoms with van der Waals surface area (Å²) in [6, 6.07) is 0. The maximum Gasteiger partial charge on any atom is 0.332 e. The van der Waals surface area contributed by atoms with Gasteiger partial charge >= 0.3 is 5.97 Å². The van der Waals surface area contributed by atoms with Gasteiger partial charge in [0.2, 0.25) is 0 Å². The summed E-state index contributed by atoms with van der Waals surface area (Å²) >= 11 is 0. The van der Waals surface area contributed by atoms with Crippen molar-refractivity contribution in [2.24, 2.45) is 0 Å². The molecule has 0 saturated heterocycles. The zero-order valence-corrected chi connectivity index (χ0v) is 11.3. The normalized spacial score (nSPS) is 13.0.